The summed E-state index contributed by atoms with van der Waals surface area (Å²) in [6.07, 6.45) is 4.07. The summed E-state index contributed by atoms with van der Waals surface area (Å²) in [6.45, 7) is 2.42. The first-order chi connectivity index (χ1) is 10.6. The van der Waals surface area contributed by atoms with Crippen LogP contribution in [0.1, 0.15) is 19.3 Å². The second kappa shape index (κ2) is 6.56. The van der Waals surface area contributed by atoms with Crippen LogP contribution in [0.4, 0.5) is 5.82 Å². The van der Waals surface area contributed by atoms with Gasteiger partial charge in [0.25, 0.3) is 0 Å². The summed E-state index contributed by atoms with van der Waals surface area (Å²) in [6, 6.07) is 5.94. The van der Waals surface area contributed by atoms with Crippen LogP contribution in [-0.2, 0) is 6.54 Å². The first-order valence-electron chi connectivity index (χ1n) is 7.38. The van der Waals surface area contributed by atoms with Gasteiger partial charge in [0.15, 0.2) is 6.26 Å². The van der Waals surface area contributed by atoms with E-state index in [1.165, 1.54) is 4.57 Å². The van der Waals surface area contributed by atoms with Crippen LogP contribution in [0, 0.1) is 5.92 Å². The van der Waals surface area contributed by atoms with E-state index in [9.17, 15) is 9.90 Å². The van der Waals surface area contributed by atoms with Crippen molar-refractivity contribution in [3.8, 4) is 5.88 Å². The van der Waals surface area contributed by atoms with Crippen molar-refractivity contribution in [3.63, 3.8) is 0 Å². The number of anilines is 1. The number of rotatable bonds is 4. The molecule has 0 bridgehead atoms. The molecule has 118 valence electrons. The van der Waals surface area contributed by atoms with Crippen molar-refractivity contribution >= 4 is 21.7 Å². The van der Waals surface area contributed by atoms with Gasteiger partial charge in [-0.25, -0.2) is 14.3 Å². The second-order valence-corrected chi connectivity index (χ2v) is 6.36. The summed E-state index contributed by atoms with van der Waals surface area (Å²) in [5, 5.41) is 9.53. The summed E-state index contributed by atoms with van der Waals surface area (Å²) >= 11 is 3.40. The highest BCUT2D eigenvalue weighted by Gasteiger charge is 2.21. The summed E-state index contributed by atoms with van der Waals surface area (Å²) in [5.41, 5.74) is 0. The van der Waals surface area contributed by atoms with E-state index in [1.807, 2.05) is 18.2 Å². The number of aromatic hydroxyl groups is 1. The van der Waals surface area contributed by atoms with E-state index in [4.69, 9.17) is 0 Å². The quantitative estimate of drug-likeness (QED) is 0.840. The van der Waals surface area contributed by atoms with Crippen LogP contribution in [-0.4, -0.2) is 27.7 Å². The fourth-order valence-electron chi connectivity index (χ4n) is 2.87. The Hall–Kier alpha value is -1.76. The maximum absolute atomic E-state index is 11.4. The summed E-state index contributed by atoms with van der Waals surface area (Å²) in [7, 11) is 0. The van der Waals surface area contributed by atoms with Gasteiger partial charge in [0.1, 0.15) is 10.4 Å². The first kappa shape index (κ1) is 15.1. The third kappa shape index (κ3) is 3.35. The van der Waals surface area contributed by atoms with Gasteiger partial charge in [0, 0.05) is 19.6 Å². The molecule has 0 atom stereocenters. The molecule has 0 unspecified atom stereocenters. The highest BCUT2D eigenvalue weighted by Crippen LogP contribution is 2.25. The SMILES string of the molecule is O=c1occ(O)n1CCC1CCN(c2cccc(Br)n2)CC1. The zero-order valence-electron chi connectivity index (χ0n) is 12.1. The highest BCUT2D eigenvalue weighted by molar-refractivity contribution is 9.10. The van der Waals surface area contributed by atoms with Crippen molar-refractivity contribution in [1.82, 2.24) is 9.55 Å². The van der Waals surface area contributed by atoms with Gasteiger partial charge in [-0.1, -0.05) is 6.07 Å². The molecule has 3 rings (SSSR count). The lowest BCUT2D eigenvalue weighted by Gasteiger charge is -2.32. The van der Waals surface area contributed by atoms with Crippen molar-refractivity contribution in [3.05, 3.63) is 39.6 Å². The third-order valence-corrected chi connectivity index (χ3v) is 4.60. The molecule has 1 aliphatic rings. The van der Waals surface area contributed by atoms with E-state index < -0.39 is 5.76 Å². The number of oxazole rings is 1. The molecule has 0 aliphatic carbocycles. The number of halogens is 1. The van der Waals surface area contributed by atoms with E-state index >= 15 is 0 Å². The molecule has 1 fully saturated rings. The maximum atomic E-state index is 11.4. The van der Waals surface area contributed by atoms with Crippen molar-refractivity contribution < 1.29 is 9.52 Å². The molecule has 2 aromatic rings. The van der Waals surface area contributed by atoms with E-state index in [-0.39, 0.29) is 5.88 Å². The lowest BCUT2D eigenvalue weighted by atomic mass is 9.93. The van der Waals surface area contributed by atoms with Crippen LogP contribution in [0.3, 0.4) is 0 Å². The van der Waals surface area contributed by atoms with Gasteiger partial charge in [-0.2, -0.15) is 0 Å². The Balaban J connectivity index is 1.53. The van der Waals surface area contributed by atoms with Crippen LogP contribution in [0.2, 0.25) is 0 Å². The topological polar surface area (TPSA) is 71.5 Å². The molecule has 1 N–H and O–H groups in total. The molecule has 7 heteroatoms. The number of piperidine rings is 1. The van der Waals surface area contributed by atoms with Crippen LogP contribution in [0.15, 0.2) is 38.3 Å². The van der Waals surface area contributed by atoms with Gasteiger partial charge in [0.05, 0.1) is 0 Å². The Morgan fingerprint density at radius 1 is 1.36 bits per heavy atom. The predicted octanol–water partition coefficient (Wildman–Crippen LogP) is 2.61. The Bertz CT molecular complexity index is 689. The zero-order chi connectivity index (χ0) is 15.5. The van der Waals surface area contributed by atoms with Gasteiger partial charge >= 0.3 is 5.76 Å². The average molecular weight is 368 g/mol. The maximum Gasteiger partial charge on any atom is 0.421 e. The number of hydrogen-bond acceptors (Lipinski definition) is 5. The fraction of sp³-hybridized carbons (Fsp3) is 0.467. The lowest BCUT2D eigenvalue weighted by Crippen LogP contribution is -2.34. The van der Waals surface area contributed by atoms with E-state index in [1.54, 1.807) is 0 Å². The molecular weight excluding hydrogens is 350 g/mol. The van der Waals surface area contributed by atoms with E-state index in [0.29, 0.717) is 12.5 Å². The van der Waals surface area contributed by atoms with Gasteiger partial charge < -0.3 is 14.4 Å². The smallest absolute Gasteiger partial charge is 0.421 e. The number of nitrogens with zero attached hydrogens (tertiary/aromatic N) is 3. The van der Waals surface area contributed by atoms with Crippen LogP contribution >= 0.6 is 15.9 Å². The first-order valence-corrected chi connectivity index (χ1v) is 8.17. The lowest BCUT2D eigenvalue weighted by molar-refractivity contribution is 0.337. The number of aromatic nitrogens is 2. The minimum atomic E-state index is -0.492. The zero-order valence-corrected chi connectivity index (χ0v) is 13.7. The molecule has 22 heavy (non-hydrogen) atoms. The van der Waals surface area contributed by atoms with E-state index in [0.717, 1.165) is 49.0 Å². The summed E-state index contributed by atoms with van der Waals surface area (Å²) < 4.78 is 6.79. The van der Waals surface area contributed by atoms with E-state index in [2.05, 4.69) is 30.2 Å². The van der Waals surface area contributed by atoms with Gasteiger partial charge in [-0.3, -0.25) is 0 Å². The Morgan fingerprint density at radius 2 is 2.14 bits per heavy atom. The molecule has 0 amide bonds. The molecular formula is C15H18BrN3O3. The molecule has 1 aliphatic heterocycles. The largest absolute Gasteiger partial charge is 0.492 e. The molecule has 0 spiro atoms. The summed E-state index contributed by atoms with van der Waals surface area (Å²) in [4.78, 5) is 18.2. The number of pyridine rings is 1. The monoisotopic (exact) mass is 367 g/mol. The Labute approximate surface area is 136 Å². The van der Waals surface area contributed by atoms with Crippen LogP contribution in [0.5, 0.6) is 5.88 Å². The van der Waals surface area contributed by atoms with Crippen LogP contribution in [0.25, 0.3) is 0 Å². The van der Waals surface area contributed by atoms with Crippen molar-refractivity contribution in [2.24, 2.45) is 5.92 Å². The summed E-state index contributed by atoms with van der Waals surface area (Å²) in [5.74, 6) is 0.954. The molecule has 6 nitrogen and oxygen atoms in total. The van der Waals surface area contributed by atoms with Crippen molar-refractivity contribution in [1.29, 1.82) is 0 Å². The van der Waals surface area contributed by atoms with Crippen LogP contribution < -0.4 is 10.7 Å². The standard InChI is InChI=1S/C15H18BrN3O3/c16-12-2-1-3-13(17-12)18-7-4-11(5-8-18)6-9-19-14(20)10-22-15(19)21/h1-3,10-11,20H,4-9H2. The minimum Gasteiger partial charge on any atom is -0.492 e. The molecule has 0 aromatic carbocycles. The average Bonchev–Trinajstić information content (AvgIpc) is 2.84. The highest BCUT2D eigenvalue weighted by atomic mass is 79.9. The van der Waals surface area contributed by atoms with Crippen molar-refractivity contribution in [2.75, 3.05) is 18.0 Å². The van der Waals surface area contributed by atoms with Crippen molar-refractivity contribution in [2.45, 2.75) is 25.8 Å². The molecule has 3 heterocycles. The van der Waals surface area contributed by atoms with Gasteiger partial charge in [0.2, 0.25) is 5.88 Å². The third-order valence-electron chi connectivity index (χ3n) is 4.16. The van der Waals surface area contributed by atoms with Gasteiger partial charge in [-0.05, 0) is 53.2 Å². The molecule has 0 saturated carbocycles. The second-order valence-electron chi connectivity index (χ2n) is 5.55. The fourth-order valence-corrected chi connectivity index (χ4v) is 3.20. The normalized spacial score (nSPS) is 16.1. The molecule has 1 saturated heterocycles. The Kier molecular flexibility index (Phi) is 4.52. The van der Waals surface area contributed by atoms with Gasteiger partial charge in [-0.15, -0.1) is 0 Å². The Morgan fingerprint density at radius 3 is 2.77 bits per heavy atom. The molecule has 2 aromatic heterocycles. The number of hydrogen-bond donors (Lipinski definition) is 1. The minimum absolute atomic E-state index is 0.0965. The molecule has 0 radical (unpaired) electrons. The predicted molar refractivity (Wildman–Crippen MR) is 86.1 cm³/mol.